The molecule has 0 unspecified atom stereocenters. The number of halogens is 2. The first-order valence-electron chi connectivity index (χ1n) is 5.96. The maximum absolute atomic E-state index is 13.1. The first kappa shape index (κ1) is 14.6. The zero-order valence-electron chi connectivity index (χ0n) is 11.1. The van der Waals surface area contributed by atoms with Gasteiger partial charge in [0, 0.05) is 5.69 Å². The van der Waals surface area contributed by atoms with Crippen LogP contribution in [0.2, 0.25) is 5.02 Å². The fourth-order valence-corrected chi connectivity index (χ4v) is 1.83. The van der Waals surface area contributed by atoms with E-state index in [2.05, 4.69) is 10.3 Å². The zero-order chi connectivity index (χ0) is 14.7. The maximum atomic E-state index is 13.1. The number of hydrogen-bond acceptors (Lipinski definition) is 3. The molecule has 0 aliphatic rings. The molecule has 1 heterocycles. The molecule has 4 nitrogen and oxygen atoms in total. The maximum Gasteiger partial charge on any atom is 0.171 e. The van der Waals surface area contributed by atoms with Crippen molar-refractivity contribution in [1.82, 2.24) is 0 Å². The predicted molar refractivity (Wildman–Crippen MR) is 76.8 cm³/mol. The van der Waals surface area contributed by atoms with Crippen molar-refractivity contribution in [2.24, 2.45) is 4.99 Å². The van der Waals surface area contributed by atoms with Gasteiger partial charge in [0.25, 0.3) is 0 Å². The Morgan fingerprint density at radius 1 is 1.40 bits per heavy atom. The number of aliphatic imine (C=N–C) groups is 1. The zero-order valence-corrected chi connectivity index (χ0v) is 11.8. The first-order chi connectivity index (χ1) is 9.51. The summed E-state index contributed by atoms with van der Waals surface area (Å²) in [5.74, 6) is 1.12. The van der Waals surface area contributed by atoms with Gasteiger partial charge < -0.3 is 14.8 Å². The number of hydrogen-bond donors (Lipinski definition) is 2. The van der Waals surface area contributed by atoms with Crippen LogP contribution < -0.4 is 5.32 Å². The standard InChI is InChI=1S/C14H14ClFN2O2/c1-8-5-13(20-9(8)2)14(17-7-19)18-10-3-4-12(16)11(15)6-10/h3-6,19H,7H2,1-2H3,(H,17,18). The minimum absolute atomic E-state index is 0.00477. The average Bonchev–Trinajstić information content (AvgIpc) is 2.73. The van der Waals surface area contributed by atoms with Gasteiger partial charge in [-0.1, -0.05) is 11.6 Å². The monoisotopic (exact) mass is 296 g/mol. The molecule has 0 radical (unpaired) electrons. The van der Waals surface area contributed by atoms with Gasteiger partial charge in [0.15, 0.2) is 11.6 Å². The number of nitrogens with zero attached hydrogens (tertiary/aromatic N) is 1. The van der Waals surface area contributed by atoms with Crippen molar-refractivity contribution in [2.45, 2.75) is 13.8 Å². The lowest BCUT2D eigenvalue weighted by molar-refractivity contribution is 0.309. The highest BCUT2D eigenvalue weighted by atomic mass is 35.5. The van der Waals surface area contributed by atoms with E-state index in [1.807, 2.05) is 19.9 Å². The molecule has 0 aliphatic heterocycles. The molecule has 0 fully saturated rings. The van der Waals surface area contributed by atoms with Crippen molar-refractivity contribution in [1.29, 1.82) is 0 Å². The molecule has 0 bridgehead atoms. The van der Waals surface area contributed by atoms with Crippen LogP contribution in [0.3, 0.4) is 0 Å². The second-order valence-corrected chi connectivity index (χ2v) is 4.66. The van der Waals surface area contributed by atoms with E-state index in [0.717, 1.165) is 11.3 Å². The van der Waals surface area contributed by atoms with Gasteiger partial charge in [0.2, 0.25) is 0 Å². The molecule has 0 aliphatic carbocycles. The lowest BCUT2D eigenvalue weighted by Crippen LogP contribution is -2.13. The Labute approximate surface area is 120 Å². The summed E-state index contributed by atoms with van der Waals surface area (Å²) in [5.41, 5.74) is 1.53. The van der Waals surface area contributed by atoms with Crippen LogP contribution in [-0.2, 0) is 0 Å². The number of aliphatic hydroxyl groups is 1. The van der Waals surface area contributed by atoms with E-state index in [1.165, 1.54) is 18.2 Å². The van der Waals surface area contributed by atoms with Crippen molar-refractivity contribution in [3.8, 4) is 0 Å². The van der Waals surface area contributed by atoms with Crippen molar-refractivity contribution in [2.75, 3.05) is 12.0 Å². The van der Waals surface area contributed by atoms with E-state index in [-0.39, 0.29) is 5.02 Å². The molecule has 1 aromatic carbocycles. The Hall–Kier alpha value is -1.85. The van der Waals surface area contributed by atoms with Crippen molar-refractivity contribution in [3.05, 3.63) is 52.2 Å². The summed E-state index contributed by atoms with van der Waals surface area (Å²) >= 11 is 5.72. The number of aliphatic hydroxyl groups excluding tert-OH is 1. The number of furan rings is 1. The van der Waals surface area contributed by atoms with Gasteiger partial charge in [-0.3, -0.25) is 0 Å². The normalized spacial score (nSPS) is 11.8. The lowest BCUT2D eigenvalue weighted by atomic mass is 10.2. The fraction of sp³-hybridized carbons (Fsp3) is 0.214. The molecule has 2 aromatic rings. The highest BCUT2D eigenvalue weighted by molar-refractivity contribution is 6.31. The van der Waals surface area contributed by atoms with E-state index < -0.39 is 12.5 Å². The molecule has 6 heteroatoms. The second-order valence-electron chi connectivity index (χ2n) is 4.25. The van der Waals surface area contributed by atoms with E-state index in [1.54, 1.807) is 0 Å². The summed E-state index contributed by atoms with van der Waals surface area (Å²) < 4.78 is 18.7. The topological polar surface area (TPSA) is 57.8 Å². The van der Waals surface area contributed by atoms with Crippen LogP contribution in [0.15, 0.2) is 33.7 Å². The smallest absolute Gasteiger partial charge is 0.171 e. The summed E-state index contributed by atoms with van der Waals surface area (Å²) in [7, 11) is 0. The predicted octanol–water partition coefficient (Wildman–Crippen LogP) is 3.50. The number of rotatable bonds is 3. The van der Waals surface area contributed by atoms with Gasteiger partial charge >= 0.3 is 0 Å². The van der Waals surface area contributed by atoms with Crippen molar-refractivity contribution in [3.63, 3.8) is 0 Å². The van der Waals surface area contributed by atoms with Crippen molar-refractivity contribution >= 4 is 23.1 Å². The van der Waals surface area contributed by atoms with Crippen LogP contribution in [0.5, 0.6) is 0 Å². The Morgan fingerprint density at radius 3 is 2.70 bits per heavy atom. The second kappa shape index (κ2) is 6.07. The van der Waals surface area contributed by atoms with Crippen molar-refractivity contribution < 1.29 is 13.9 Å². The van der Waals surface area contributed by atoms with E-state index >= 15 is 0 Å². The number of amidine groups is 1. The Balaban J connectivity index is 2.30. The van der Waals surface area contributed by atoms with E-state index in [0.29, 0.717) is 17.3 Å². The van der Waals surface area contributed by atoms with Crippen LogP contribution in [-0.4, -0.2) is 17.7 Å². The minimum atomic E-state index is -0.498. The molecule has 2 rings (SSSR count). The number of benzene rings is 1. The quantitative estimate of drug-likeness (QED) is 0.673. The van der Waals surface area contributed by atoms with Gasteiger partial charge in [0.05, 0.1) is 5.02 Å². The van der Waals surface area contributed by atoms with Crippen LogP contribution >= 0.6 is 11.6 Å². The Bertz CT molecular complexity index is 633. The SMILES string of the molecule is Cc1cc(/C(=N/CO)Nc2ccc(F)c(Cl)c2)oc1C. The van der Waals surface area contributed by atoms with Crippen LogP contribution in [0.25, 0.3) is 0 Å². The molecular weight excluding hydrogens is 283 g/mol. The van der Waals surface area contributed by atoms with E-state index in [4.69, 9.17) is 21.1 Å². The van der Waals surface area contributed by atoms with Gasteiger partial charge in [-0.2, -0.15) is 0 Å². The average molecular weight is 297 g/mol. The number of aryl methyl sites for hydroxylation is 2. The van der Waals surface area contributed by atoms with Gasteiger partial charge in [-0.25, -0.2) is 9.38 Å². The molecule has 0 saturated heterocycles. The third-order valence-electron chi connectivity index (χ3n) is 2.81. The minimum Gasteiger partial charge on any atom is -0.458 e. The molecule has 0 atom stereocenters. The summed E-state index contributed by atoms with van der Waals surface area (Å²) in [6.07, 6.45) is 0. The molecule has 106 valence electrons. The summed E-state index contributed by atoms with van der Waals surface area (Å²) in [6.45, 7) is 3.36. The number of anilines is 1. The first-order valence-corrected chi connectivity index (χ1v) is 6.34. The molecule has 0 spiro atoms. The third-order valence-corrected chi connectivity index (χ3v) is 3.10. The molecule has 1 aromatic heterocycles. The van der Waals surface area contributed by atoms with Crippen LogP contribution in [0, 0.1) is 19.7 Å². The largest absolute Gasteiger partial charge is 0.458 e. The van der Waals surface area contributed by atoms with Crippen LogP contribution in [0.4, 0.5) is 10.1 Å². The molecule has 0 saturated carbocycles. The van der Waals surface area contributed by atoms with Gasteiger partial charge in [-0.15, -0.1) is 0 Å². The summed E-state index contributed by atoms with van der Waals surface area (Å²) in [6, 6.07) is 6.02. The Kier molecular flexibility index (Phi) is 4.42. The third kappa shape index (κ3) is 3.18. The van der Waals surface area contributed by atoms with E-state index in [9.17, 15) is 4.39 Å². The lowest BCUT2D eigenvalue weighted by Gasteiger charge is -2.08. The molecule has 2 N–H and O–H groups in total. The highest BCUT2D eigenvalue weighted by Gasteiger charge is 2.11. The van der Waals surface area contributed by atoms with Gasteiger partial charge in [-0.05, 0) is 43.7 Å². The molecule has 0 amide bonds. The highest BCUT2D eigenvalue weighted by Crippen LogP contribution is 2.21. The molecule has 20 heavy (non-hydrogen) atoms. The fourth-order valence-electron chi connectivity index (χ4n) is 1.65. The Morgan fingerprint density at radius 2 is 2.15 bits per heavy atom. The summed E-state index contributed by atoms with van der Waals surface area (Å²) in [5, 5.41) is 12.0. The number of nitrogens with one attached hydrogen (secondary N) is 1. The molecular formula is C14H14ClFN2O2. The summed E-state index contributed by atoms with van der Waals surface area (Å²) in [4.78, 5) is 3.93. The van der Waals surface area contributed by atoms with Gasteiger partial charge in [0.1, 0.15) is 18.3 Å². The van der Waals surface area contributed by atoms with Crippen LogP contribution in [0.1, 0.15) is 17.1 Å².